The van der Waals surface area contributed by atoms with Gasteiger partial charge in [-0.05, 0) is 74.0 Å². The van der Waals surface area contributed by atoms with E-state index in [4.69, 9.17) is 4.42 Å². The van der Waals surface area contributed by atoms with E-state index in [1.54, 1.807) is 0 Å². The predicted molar refractivity (Wildman–Crippen MR) is 111 cm³/mol. The molecular weight excluding hydrogens is 346 g/mol. The van der Waals surface area contributed by atoms with E-state index in [2.05, 4.69) is 29.6 Å². The van der Waals surface area contributed by atoms with Crippen LogP contribution in [0.3, 0.4) is 0 Å². The second-order valence-corrected chi connectivity index (χ2v) is 9.82. The van der Waals surface area contributed by atoms with E-state index < -0.39 is 0 Å². The molecule has 3 aromatic rings. The number of benzene rings is 2. The molecule has 1 amide bonds. The van der Waals surface area contributed by atoms with Crippen molar-refractivity contribution in [3.8, 4) is 0 Å². The standard InChI is InChI=1S/C25H27NO2/c1-15-20-7-6-19-4-2-3-5-21(19)23(20)28-22(15)24(27)26-14-25-11-16-8-17(12-25)10-18(9-16)13-25/h2-7,16-18H,8-14H2,1H3,(H,26,27). The lowest BCUT2D eigenvalue weighted by Crippen LogP contribution is -2.51. The summed E-state index contributed by atoms with van der Waals surface area (Å²) in [4.78, 5) is 13.1. The van der Waals surface area contributed by atoms with Gasteiger partial charge in [0, 0.05) is 22.9 Å². The van der Waals surface area contributed by atoms with Gasteiger partial charge in [0.15, 0.2) is 5.76 Å². The Morgan fingerprint density at radius 1 is 1.00 bits per heavy atom. The first-order valence-electron chi connectivity index (χ1n) is 10.8. The molecule has 3 nitrogen and oxygen atoms in total. The fourth-order valence-electron chi connectivity index (χ4n) is 7.02. The summed E-state index contributed by atoms with van der Waals surface area (Å²) in [7, 11) is 0. The molecule has 1 heterocycles. The summed E-state index contributed by atoms with van der Waals surface area (Å²) in [5.74, 6) is 3.15. The fourth-order valence-corrected chi connectivity index (χ4v) is 7.02. The maximum atomic E-state index is 13.1. The number of amides is 1. The van der Waals surface area contributed by atoms with Crippen LogP contribution in [0.15, 0.2) is 40.8 Å². The normalized spacial score (nSPS) is 31.0. The van der Waals surface area contributed by atoms with Gasteiger partial charge < -0.3 is 9.73 Å². The van der Waals surface area contributed by atoms with Crippen molar-refractivity contribution < 1.29 is 9.21 Å². The fraction of sp³-hybridized carbons (Fsp3) is 0.480. The number of carbonyl (C=O) groups is 1. The summed E-state index contributed by atoms with van der Waals surface area (Å²) < 4.78 is 6.13. The van der Waals surface area contributed by atoms with Crippen LogP contribution >= 0.6 is 0 Å². The third kappa shape index (κ3) is 2.45. The highest BCUT2D eigenvalue weighted by molar-refractivity contribution is 6.08. The van der Waals surface area contributed by atoms with Crippen LogP contribution in [-0.2, 0) is 0 Å². The lowest BCUT2D eigenvalue weighted by molar-refractivity contribution is -0.0504. The lowest BCUT2D eigenvalue weighted by atomic mass is 9.49. The summed E-state index contributed by atoms with van der Waals surface area (Å²) in [6.07, 6.45) is 8.23. The van der Waals surface area contributed by atoms with Crippen molar-refractivity contribution in [2.45, 2.75) is 45.4 Å². The number of rotatable bonds is 3. The quantitative estimate of drug-likeness (QED) is 0.626. The minimum Gasteiger partial charge on any atom is -0.450 e. The smallest absolute Gasteiger partial charge is 0.287 e. The first-order valence-corrected chi connectivity index (χ1v) is 10.8. The Morgan fingerprint density at radius 2 is 1.68 bits per heavy atom. The van der Waals surface area contributed by atoms with Crippen LogP contribution in [0.2, 0.25) is 0 Å². The number of hydrogen-bond acceptors (Lipinski definition) is 2. The maximum absolute atomic E-state index is 13.1. The number of aryl methyl sites for hydroxylation is 1. The van der Waals surface area contributed by atoms with Crippen LogP contribution in [0.5, 0.6) is 0 Å². The molecule has 28 heavy (non-hydrogen) atoms. The Kier molecular flexibility index (Phi) is 3.48. The third-order valence-corrected chi connectivity index (χ3v) is 7.82. The topological polar surface area (TPSA) is 42.2 Å². The zero-order valence-corrected chi connectivity index (χ0v) is 16.5. The number of fused-ring (bicyclic) bond motifs is 3. The molecule has 4 saturated carbocycles. The summed E-state index contributed by atoms with van der Waals surface area (Å²) in [5.41, 5.74) is 2.12. The highest BCUT2D eigenvalue weighted by atomic mass is 16.3. The van der Waals surface area contributed by atoms with Gasteiger partial charge in [-0.2, -0.15) is 0 Å². The van der Waals surface area contributed by atoms with E-state index in [-0.39, 0.29) is 5.91 Å². The molecule has 1 aromatic heterocycles. The molecule has 1 N–H and O–H groups in total. The number of furan rings is 1. The van der Waals surface area contributed by atoms with E-state index in [1.807, 2.05) is 19.1 Å². The average molecular weight is 373 g/mol. The van der Waals surface area contributed by atoms with Crippen molar-refractivity contribution in [1.29, 1.82) is 0 Å². The minimum atomic E-state index is -0.0477. The van der Waals surface area contributed by atoms with E-state index >= 15 is 0 Å². The van der Waals surface area contributed by atoms with Crippen molar-refractivity contribution in [3.63, 3.8) is 0 Å². The maximum Gasteiger partial charge on any atom is 0.287 e. The number of nitrogens with one attached hydrogen (secondary N) is 1. The molecule has 0 saturated heterocycles. The summed E-state index contributed by atoms with van der Waals surface area (Å²) in [6, 6.07) is 12.4. The molecule has 2 aromatic carbocycles. The first kappa shape index (κ1) is 16.6. The summed E-state index contributed by atoms with van der Waals surface area (Å²) in [6.45, 7) is 2.81. The molecule has 4 aliphatic rings. The van der Waals surface area contributed by atoms with Gasteiger partial charge in [-0.25, -0.2) is 0 Å². The van der Waals surface area contributed by atoms with Gasteiger partial charge in [0.2, 0.25) is 0 Å². The minimum absolute atomic E-state index is 0.0477. The van der Waals surface area contributed by atoms with Gasteiger partial charge in [-0.15, -0.1) is 0 Å². The van der Waals surface area contributed by atoms with Crippen LogP contribution in [0, 0.1) is 30.1 Å². The molecular formula is C25H27NO2. The molecule has 144 valence electrons. The molecule has 0 radical (unpaired) electrons. The van der Waals surface area contributed by atoms with E-state index in [9.17, 15) is 4.79 Å². The molecule has 0 aliphatic heterocycles. The van der Waals surface area contributed by atoms with E-state index in [1.165, 1.54) is 38.5 Å². The highest BCUT2D eigenvalue weighted by Gasteiger charge is 2.50. The van der Waals surface area contributed by atoms with Gasteiger partial charge in [0.05, 0.1) is 0 Å². The Morgan fingerprint density at radius 3 is 2.39 bits per heavy atom. The van der Waals surface area contributed by atoms with Crippen molar-refractivity contribution in [1.82, 2.24) is 5.32 Å². The van der Waals surface area contributed by atoms with Crippen molar-refractivity contribution in [3.05, 3.63) is 47.7 Å². The second kappa shape index (κ2) is 5.85. The summed E-state index contributed by atoms with van der Waals surface area (Å²) >= 11 is 0. The predicted octanol–water partition coefficient (Wildman–Crippen LogP) is 5.84. The van der Waals surface area contributed by atoms with Crippen molar-refractivity contribution >= 4 is 27.6 Å². The lowest BCUT2D eigenvalue weighted by Gasteiger charge is -2.56. The van der Waals surface area contributed by atoms with Gasteiger partial charge in [-0.1, -0.05) is 36.4 Å². The van der Waals surface area contributed by atoms with E-state index in [0.29, 0.717) is 11.2 Å². The average Bonchev–Trinajstić information content (AvgIpc) is 3.02. The molecule has 3 heteroatoms. The van der Waals surface area contributed by atoms with Crippen LogP contribution in [-0.4, -0.2) is 12.5 Å². The number of carbonyl (C=O) groups excluding carboxylic acids is 1. The Hall–Kier alpha value is -2.29. The first-order chi connectivity index (χ1) is 13.6. The molecule has 0 atom stereocenters. The zero-order chi connectivity index (χ0) is 18.9. The van der Waals surface area contributed by atoms with Gasteiger partial charge in [0.25, 0.3) is 5.91 Å². The van der Waals surface area contributed by atoms with Crippen LogP contribution in [0.25, 0.3) is 21.7 Å². The van der Waals surface area contributed by atoms with Crippen molar-refractivity contribution in [2.24, 2.45) is 23.2 Å². The molecule has 4 bridgehead atoms. The molecule has 0 unspecified atom stereocenters. The largest absolute Gasteiger partial charge is 0.450 e. The van der Waals surface area contributed by atoms with Crippen LogP contribution < -0.4 is 5.32 Å². The Balaban J connectivity index is 1.28. The van der Waals surface area contributed by atoms with Crippen molar-refractivity contribution in [2.75, 3.05) is 6.54 Å². The molecule has 0 spiro atoms. The third-order valence-electron chi connectivity index (χ3n) is 7.82. The molecule has 4 aliphatic carbocycles. The monoisotopic (exact) mass is 373 g/mol. The second-order valence-electron chi connectivity index (χ2n) is 9.82. The number of hydrogen-bond donors (Lipinski definition) is 1. The Bertz CT molecular complexity index is 1060. The van der Waals surface area contributed by atoms with Crippen LogP contribution in [0.4, 0.5) is 0 Å². The molecule has 7 rings (SSSR count). The highest BCUT2D eigenvalue weighted by Crippen LogP contribution is 2.59. The van der Waals surface area contributed by atoms with Gasteiger partial charge in [0.1, 0.15) is 5.58 Å². The van der Waals surface area contributed by atoms with Gasteiger partial charge in [-0.3, -0.25) is 4.79 Å². The SMILES string of the molecule is Cc1c(C(=O)NCC23CC4CC(CC(C4)C2)C3)oc2c1ccc1ccccc12. The van der Waals surface area contributed by atoms with Crippen LogP contribution in [0.1, 0.15) is 54.6 Å². The van der Waals surface area contributed by atoms with E-state index in [0.717, 1.165) is 51.6 Å². The van der Waals surface area contributed by atoms with Gasteiger partial charge >= 0.3 is 0 Å². The molecule has 4 fully saturated rings. The summed E-state index contributed by atoms with van der Waals surface area (Å²) in [5, 5.41) is 6.53. The Labute approximate surface area is 165 Å². The zero-order valence-electron chi connectivity index (χ0n) is 16.5.